The normalized spacial score (nSPS) is 18.5. The van der Waals surface area contributed by atoms with E-state index in [1.165, 1.54) is 6.07 Å². The number of amides is 1. The number of carbonyl (C=O) groups is 1. The summed E-state index contributed by atoms with van der Waals surface area (Å²) < 4.78 is 5.75. The Kier molecular flexibility index (Phi) is 3.88. The van der Waals surface area contributed by atoms with Gasteiger partial charge in [-0.3, -0.25) is 4.79 Å². The maximum absolute atomic E-state index is 12.5. The number of carbonyl (C=O) groups excluding carboxylic acids is 1. The van der Waals surface area contributed by atoms with E-state index in [-0.39, 0.29) is 17.8 Å². The van der Waals surface area contributed by atoms with Gasteiger partial charge in [0, 0.05) is 6.54 Å². The van der Waals surface area contributed by atoms with Crippen LogP contribution >= 0.6 is 0 Å². The second-order valence-electron chi connectivity index (χ2n) is 5.04. The number of phenolic OH excluding ortho intramolecular Hbond substituents is 1. The number of hydrogen-bond acceptors (Lipinski definition) is 3. The molecule has 21 heavy (non-hydrogen) atoms. The van der Waals surface area contributed by atoms with E-state index in [0.717, 1.165) is 5.56 Å². The molecule has 3 rings (SSSR count). The molecule has 0 radical (unpaired) electrons. The smallest absolute Gasteiger partial charge is 0.257 e. The van der Waals surface area contributed by atoms with E-state index < -0.39 is 0 Å². The minimum atomic E-state index is -0.155. The average molecular weight is 283 g/mol. The molecule has 108 valence electrons. The summed E-state index contributed by atoms with van der Waals surface area (Å²) in [7, 11) is 0. The second kappa shape index (κ2) is 5.97. The van der Waals surface area contributed by atoms with Crippen molar-refractivity contribution in [3.63, 3.8) is 0 Å². The lowest BCUT2D eigenvalue weighted by Gasteiger charge is -2.33. The highest BCUT2D eigenvalue weighted by atomic mass is 16.5. The molecule has 0 aromatic heterocycles. The van der Waals surface area contributed by atoms with Crippen LogP contribution in [-0.4, -0.2) is 35.6 Å². The van der Waals surface area contributed by atoms with Crippen LogP contribution in [-0.2, 0) is 4.74 Å². The van der Waals surface area contributed by atoms with Crippen molar-refractivity contribution in [1.29, 1.82) is 0 Å². The first-order chi connectivity index (χ1) is 10.3. The van der Waals surface area contributed by atoms with Gasteiger partial charge in [-0.1, -0.05) is 42.5 Å². The molecule has 0 bridgehead atoms. The molecule has 1 saturated heterocycles. The van der Waals surface area contributed by atoms with Gasteiger partial charge < -0.3 is 14.7 Å². The molecular formula is C17H17NO3. The Hall–Kier alpha value is -2.33. The number of phenols is 1. The first-order valence-electron chi connectivity index (χ1n) is 6.99. The van der Waals surface area contributed by atoms with Crippen molar-refractivity contribution in [3.05, 3.63) is 65.7 Å². The molecule has 1 unspecified atom stereocenters. The van der Waals surface area contributed by atoms with Crippen LogP contribution in [0.1, 0.15) is 22.0 Å². The highest BCUT2D eigenvalue weighted by molar-refractivity contribution is 5.96. The van der Waals surface area contributed by atoms with Crippen molar-refractivity contribution in [2.24, 2.45) is 0 Å². The summed E-state index contributed by atoms with van der Waals surface area (Å²) in [4.78, 5) is 14.2. The molecule has 4 heteroatoms. The number of hydrogen-bond donors (Lipinski definition) is 1. The summed E-state index contributed by atoms with van der Waals surface area (Å²) in [6.07, 6.45) is -0.116. The van der Waals surface area contributed by atoms with Crippen molar-refractivity contribution >= 4 is 5.91 Å². The zero-order valence-electron chi connectivity index (χ0n) is 11.6. The maximum Gasteiger partial charge on any atom is 0.257 e. The second-order valence-corrected chi connectivity index (χ2v) is 5.04. The Balaban J connectivity index is 1.77. The molecule has 0 spiro atoms. The fraction of sp³-hybridized carbons (Fsp3) is 0.235. The van der Waals surface area contributed by atoms with Crippen LogP contribution in [0, 0.1) is 0 Å². The van der Waals surface area contributed by atoms with Crippen LogP contribution in [0.3, 0.4) is 0 Å². The van der Waals surface area contributed by atoms with Gasteiger partial charge in [0.2, 0.25) is 0 Å². The third-order valence-electron chi connectivity index (χ3n) is 3.66. The first kappa shape index (κ1) is 13.6. The van der Waals surface area contributed by atoms with Crippen LogP contribution in [0.2, 0.25) is 0 Å². The predicted molar refractivity (Wildman–Crippen MR) is 79.1 cm³/mol. The van der Waals surface area contributed by atoms with Gasteiger partial charge in [0.25, 0.3) is 5.91 Å². The van der Waals surface area contributed by atoms with Crippen molar-refractivity contribution < 1.29 is 14.6 Å². The number of morpholine rings is 1. The van der Waals surface area contributed by atoms with Gasteiger partial charge in [0.1, 0.15) is 11.9 Å². The predicted octanol–water partition coefficient (Wildman–Crippen LogP) is 2.61. The Morgan fingerprint density at radius 1 is 1.10 bits per heavy atom. The largest absolute Gasteiger partial charge is 0.507 e. The highest BCUT2D eigenvalue weighted by Gasteiger charge is 2.27. The van der Waals surface area contributed by atoms with Crippen LogP contribution in [0.5, 0.6) is 5.75 Å². The van der Waals surface area contributed by atoms with Crippen LogP contribution in [0.25, 0.3) is 0 Å². The van der Waals surface area contributed by atoms with E-state index in [1.54, 1.807) is 23.1 Å². The van der Waals surface area contributed by atoms with E-state index in [4.69, 9.17) is 4.74 Å². The van der Waals surface area contributed by atoms with Crippen LogP contribution in [0.4, 0.5) is 0 Å². The van der Waals surface area contributed by atoms with E-state index in [9.17, 15) is 9.90 Å². The molecule has 0 aliphatic carbocycles. The Morgan fingerprint density at radius 2 is 1.81 bits per heavy atom. The molecule has 2 aromatic rings. The zero-order chi connectivity index (χ0) is 14.7. The summed E-state index contributed by atoms with van der Waals surface area (Å²) in [5.74, 6) is -0.136. The monoisotopic (exact) mass is 283 g/mol. The maximum atomic E-state index is 12.5. The fourth-order valence-corrected chi connectivity index (χ4v) is 2.53. The summed E-state index contributed by atoms with van der Waals surface area (Å²) in [5.41, 5.74) is 1.40. The number of benzene rings is 2. The summed E-state index contributed by atoms with van der Waals surface area (Å²) >= 11 is 0. The van der Waals surface area contributed by atoms with Crippen molar-refractivity contribution in [2.75, 3.05) is 19.7 Å². The molecule has 1 N–H and O–H groups in total. The summed E-state index contributed by atoms with van der Waals surface area (Å²) in [5, 5.41) is 9.82. The van der Waals surface area contributed by atoms with E-state index >= 15 is 0 Å². The van der Waals surface area contributed by atoms with Gasteiger partial charge in [0.05, 0.1) is 18.7 Å². The van der Waals surface area contributed by atoms with Gasteiger partial charge in [0.15, 0.2) is 0 Å². The minimum absolute atomic E-state index is 0.0188. The number of ether oxygens (including phenoxy) is 1. The van der Waals surface area contributed by atoms with E-state index in [1.807, 2.05) is 30.3 Å². The third-order valence-corrected chi connectivity index (χ3v) is 3.66. The molecule has 1 fully saturated rings. The number of para-hydroxylation sites is 1. The van der Waals surface area contributed by atoms with Crippen molar-refractivity contribution in [3.8, 4) is 5.75 Å². The molecule has 1 amide bonds. The molecule has 1 heterocycles. The molecule has 4 nitrogen and oxygen atoms in total. The first-order valence-corrected chi connectivity index (χ1v) is 6.99. The molecule has 1 aliphatic heterocycles. The lowest BCUT2D eigenvalue weighted by molar-refractivity contribution is -0.0229. The topological polar surface area (TPSA) is 49.8 Å². The Labute approximate surface area is 123 Å². The number of rotatable bonds is 2. The number of nitrogens with zero attached hydrogens (tertiary/aromatic N) is 1. The van der Waals surface area contributed by atoms with Gasteiger partial charge in [-0.15, -0.1) is 0 Å². The van der Waals surface area contributed by atoms with E-state index in [2.05, 4.69) is 0 Å². The van der Waals surface area contributed by atoms with Crippen molar-refractivity contribution in [1.82, 2.24) is 4.90 Å². The lowest BCUT2D eigenvalue weighted by Crippen LogP contribution is -2.42. The van der Waals surface area contributed by atoms with E-state index in [0.29, 0.717) is 25.3 Å². The molecule has 1 aliphatic rings. The van der Waals surface area contributed by atoms with Crippen LogP contribution in [0.15, 0.2) is 54.6 Å². The average Bonchev–Trinajstić information content (AvgIpc) is 2.56. The summed E-state index contributed by atoms with van der Waals surface area (Å²) in [6.45, 7) is 1.53. The standard InChI is InChI=1S/C17H17NO3/c19-15-9-5-4-8-14(15)17(20)18-10-11-21-16(12-18)13-6-2-1-3-7-13/h1-9,16,19H,10-12H2. The third kappa shape index (κ3) is 2.90. The van der Waals surface area contributed by atoms with Gasteiger partial charge in [-0.05, 0) is 17.7 Å². The lowest BCUT2D eigenvalue weighted by atomic mass is 10.1. The van der Waals surface area contributed by atoms with Gasteiger partial charge in [-0.2, -0.15) is 0 Å². The minimum Gasteiger partial charge on any atom is -0.507 e. The zero-order valence-corrected chi connectivity index (χ0v) is 11.6. The molecule has 2 aromatic carbocycles. The van der Waals surface area contributed by atoms with Gasteiger partial charge >= 0.3 is 0 Å². The molecule has 0 saturated carbocycles. The summed E-state index contributed by atoms with van der Waals surface area (Å²) in [6, 6.07) is 16.5. The SMILES string of the molecule is O=C(c1ccccc1O)N1CCOC(c2ccccc2)C1. The molecular weight excluding hydrogens is 266 g/mol. The van der Waals surface area contributed by atoms with Crippen molar-refractivity contribution in [2.45, 2.75) is 6.10 Å². The Morgan fingerprint density at radius 3 is 2.57 bits per heavy atom. The quantitative estimate of drug-likeness (QED) is 0.921. The Bertz CT molecular complexity index is 627. The fourth-order valence-electron chi connectivity index (χ4n) is 2.53. The van der Waals surface area contributed by atoms with Gasteiger partial charge in [-0.25, -0.2) is 0 Å². The highest BCUT2D eigenvalue weighted by Crippen LogP contribution is 2.25. The number of aromatic hydroxyl groups is 1. The van der Waals surface area contributed by atoms with Crippen LogP contribution < -0.4 is 0 Å². The molecule has 1 atom stereocenters.